The van der Waals surface area contributed by atoms with Crippen LogP contribution in [-0.4, -0.2) is 0 Å². The van der Waals surface area contributed by atoms with Gasteiger partial charge in [0.15, 0.2) is 0 Å². The third-order valence-corrected chi connectivity index (χ3v) is 2.97. The van der Waals surface area contributed by atoms with E-state index in [-0.39, 0.29) is 6.04 Å². The van der Waals surface area contributed by atoms with E-state index in [1.807, 2.05) is 31.2 Å². The van der Waals surface area contributed by atoms with Crippen molar-refractivity contribution < 1.29 is 13.2 Å². The lowest BCUT2D eigenvalue weighted by Gasteiger charge is -2.13. The van der Waals surface area contributed by atoms with Gasteiger partial charge in [-0.15, -0.1) is 0 Å². The maximum Gasteiger partial charge on any atom is 0.416 e. The lowest BCUT2D eigenvalue weighted by atomic mass is 9.95. The van der Waals surface area contributed by atoms with Crippen molar-refractivity contribution in [3.8, 4) is 11.1 Å². The fourth-order valence-electron chi connectivity index (χ4n) is 2.00. The summed E-state index contributed by atoms with van der Waals surface area (Å²) in [6.07, 6.45) is -4.31. The Labute approximate surface area is 109 Å². The Morgan fingerprint density at radius 2 is 1.53 bits per heavy atom. The molecule has 0 bridgehead atoms. The van der Waals surface area contributed by atoms with Crippen LogP contribution in [0, 0.1) is 0 Å². The van der Waals surface area contributed by atoms with Crippen molar-refractivity contribution in [3.63, 3.8) is 0 Å². The zero-order valence-electron chi connectivity index (χ0n) is 10.4. The normalized spacial score (nSPS) is 13.3. The van der Waals surface area contributed by atoms with Crippen molar-refractivity contribution in [2.75, 3.05) is 0 Å². The van der Waals surface area contributed by atoms with Crippen molar-refractivity contribution in [3.05, 3.63) is 59.7 Å². The molecule has 0 radical (unpaired) electrons. The largest absolute Gasteiger partial charge is 0.416 e. The van der Waals surface area contributed by atoms with Crippen LogP contribution in [0.1, 0.15) is 24.1 Å². The second kappa shape index (κ2) is 5.05. The summed E-state index contributed by atoms with van der Waals surface area (Å²) in [4.78, 5) is 0. The van der Waals surface area contributed by atoms with Crippen LogP contribution in [-0.2, 0) is 6.18 Å². The van der Waals surface area contributed by atoms with Crippen molar-refractivity contribution in [2.24, 2.45) is 5.73 Å². The molecule has 0 unspecified atom stereocenters. The Balaban J connectivity index is 2.43. The SMILES string of the molecule is C[C@H](N)c1ccccc1-c1ccc(C(F)(F)F)cc1. The average molecular weight is 265 g/mol. The summed E-state index contributed by atoms with van der Waals surface area (Å²) < 4.78 is 37.5. The molecule has 0 spiro atoms. The molecule has 0 aliphatic carbocycles. The van der Waals surface area contributed by atoms with Gasteiger partial charge in [0.2, 0.25) is 0 Å². The zero-order chi connectivity index (χ0) is 14.0. The van der Waals surface area contributed by atoms with Gasteiger partial charge in [-0.3, -0.25) is 0 Å². The molecular formula is C15H14F3N. The zero-order valence-corrected chi connectivity index (χ0v) is 10.4. The second-order valence-electron chi connectivity index (χ2n) is 4.45. The third-order valence-electron chi connectivity index (χ3n) is 2.97. The molecule has 1 nitrogen and oxygen atoms in total. The van der Waals surface area contributed by atoms with Gasteiger partial charge in [0.25, 0.3) is 0 Å². The predicted octanol–water partition coefficient (Wildman–Crippen LogP) is 4.39. The number of hydrogen-bond acceptors (Lipinski definition) is 1. The van der Waals surface area contributed by atoms with E-state index in [1.165, 1.54) is 12.1 Å². The van der Waals surface area contributed by atoms with Gasteiger partial charge in [-0.25, -0.2) is 0 Å². The van der Waals surface area contributed by atoms with Crippen molar-refractivity contribution in [2.45, 2.75) is 19.1 Å². The van der Waals surface area contributed by atoms with Gasteiger partial charge in [-0.1, -0.05) is 36.4 Å². The van der Waals surface area contributed by atoms with Crippen LogP contribution in [0.2, 0.25) is 0 Å². The van der Waals surface area contributed by atoms with Crippen LogP contribution < -0.4 is 5.73 Å². The van der Waals surface area contributed by atoms with Gasteiger partial charge < -0.3 is 5.73 Å². The maximum atomic E-state index is 12.5. The third kappa shape index (κ3) is 2.96. The Hall–Kier alpha value is -1.81. The number of benzene rings is 2. The van der Waals surface area contributed by atoms with E-state index in [0.29, 0.717) is 0 Å². The molecule has 2 aromatic carbocycles. The molecule has 19 heavy (non-hydrogen) atoms. The first-order valence-electron chi connectivity index (χ1n) is 5.92. The highest BCUT2D eigenvalue weighted by Gasteiger charge is 2.30. The molecule has 0 fully saturated rings. The number of halogens is 3. The standard InChI is InChI=1S/C15H14F3N/c1-10(19)13-4-2-3-5-14(13)11-6-8-12(9-7-11)15(16,17)18/h2-10H,19H2,1H3/t10-/m0/s1. The molecule has 0 amide bonds. The molecule has 0 saturated carbocycles. The highest BCUT2D eigenvalue weighted by molar-refractivity contribution is 5.68. The molecule has 0 aliphatic heterocycles. The van der Waals surface area contributed by atoms with E-state index in [9.17, 15) is 13.2 Å². The first-order valence-corrected chi connectivity index (χ1v) is 5.92. The van der Waals surface area contributed by atoms with Gasteiger partial charge >= 0.3 is 6.18 Å². The number of hydrogen-bond donors (Lipinski definition) is 1. The highest BCUT2D eigenvalue weighted by atomic mass is 19.4. The summed E-state index contributed by atoms with van der Waals surface area (Å²) in [5.74, 6) is 0. The van der Waals surface area contributed by atoms with Crippen LogP contribution in [0.4, 0.5) is 13.2 Å². The Bertz CT molecular complexity index is 556. The van der Waals surface area contributed by atoms with E-state index < -0.39 is 11.7 Å². The van der Waals surface area contributed by atoms with Gasteiger partial charge in [-0.2, -0.15) is 13.2 Å². The molecule has 0 heterocycles. The fourth-order valence-corrected chi connectivity index (χ4v) is 2.00. The first kappa shape index (κ1) is 13.6. The quantitative estimate of drug-likeness (QED) is 0.856. The Morgan fingerprint density at radius 1 is 0.947 bits per heavy atom. The number of alkyl halides is 3. The molecule has 2 rings (SSSR count). The van der Waals surface area contributed by atoms with Crippen LogP contribution in [0.3, 0.4) is 0 Å². The van der Waals surface area contributed by atoms with E-state index in [0.717, 1.165) is 28.8 Å². The van der Waals surface area contributed by atoms with E-state index >= 15 is 0 Å². The smallest absolute Gasteiger partial charge is 0.324 e. The van der Waals surface area contributed by atoms with E-state index in [1.54, 1.807) is 0 Å². The molecule has 0 aliphatic rings. The number of rotatable bonds is 2. The molecule has 0 saturated heterocycles. The van der Waals surface area contributed by atoms with Crippen molar-refractivity contribution in [1.29, 1.82) is 0 Å². The summed E-state index contributed by atoms with van der Waals surface area (Å²) in [6, 6.07) is 12.4. The minimum Gasteiger partial charge on any atom is -0.324 e. The molecule has 0 aromatic heterocycles. The summed E-state index contributed by atoms with van der Waals surface area (Å²) in [6.45, 7) is 1.85. The minimum absolute atomic E-state index is 0.168. The molecule has 1 atom stereocenters. The van der Waals surface area contributed by atoms with Crippen LogP contribution in [0.25, 0.3) is 11.1 Å². The number of nitrogens with two attached hydrogens (primary N) is 1. The van der Waals surface area contributed by atoms with Crippen LogP contribution >= 0.6 is 0 Å². The summed E-state index contributed by atoms with van der Waals surface area (Å²) in [5.41, 5.74) is 7.75. The molecule has 100 valence electrons. The topological polar surface area (TPSA) is 26.0 Å². The molecule has 2 N–H and O–H groups in total. The molecule has 4 heteroatoms. The first-order chi connectivity index (χ1) is 8.89. The maximum absolute atomic E-state index is 12.5. The Kier molecular flexibility index (Phi) is 3.62. The summed E-state index contributed by atoms with van der Waals surface area (Å²) in [5, 5.41) is 0. The van der Waals surface area contributed by atoms with Crippen LogP contribution in [0.5, 0.6) is 0 Å². The fraction of sp³-hybridized carbons (Fsp3) is 0.200. The van der Waals surface area contributed by atoms with E-state index in [2.05, 4.69) is 0 Å². The second-order valence-corrected chi connectivity index (χ2v) is 4.45. The lowest BCUT2D eigenvalue weighted by molar-refractivity contribution is -0.137. The molecular weight excluding hydrogens is 251 g/mol. The summed E-state index contributed by atoms with van der Waals surface area (Å²) >= 11 is 0. The van der Waals surface area contributed by atoms with Crippen molar-refractivity contribution >= 4 is 0 Å². The average Bonchev–Trinajstić information content (AvgIpc) is 2.38. The molecule has 2 aromatic rings. The minimum atomic E-state index is -4.31. The predicted molar refractivity (Wildman–Crippen MR) is 69.5 cm³/mol. The monoisotopic (exact) mass is 265 g/mol. The van der Waals surface area contributed by atoms with Gasteiger partial charge in [0.05, 0.1) is 5.56 Å². The summed E-state index contributed by atoms with van der Waals surface area (Å²) in [7, 11) is 0. The van der Waals surface area contributed by atoms with Gasteiger partial charge in [-0.05, 0) is 35.7 Å². The van der Waals surface area contributed by atoms with Gasteiger partial charge in [0, 0.05) is 6.04 Å². The van der Waals surface area contributed by atoms with Crippen molar-refractivity contribution in [1.82, 2.24) is 0 Å². The van der Waals surface area contributed by atoms with E-state index in [4.69, 9.17) is 5.73 Å². The highest BCUT2D eigenvalue weighted by Crippen LogP contribution is 2.32. The Morgan fingerprint density at radius 3 is 2.05 bits per heavy atom. The van der Waals surface area contributed by atoms with Crippen LogP contribution in [0.15, 0.2) is 48.5 Å². The lowest BCUT2D eigenvalue weighted by Crippen LogP contribution is -2.07. The van der Waals surface area contributed by atoms with Gasteiger partial charge in [0.1, 0.15) is 0 Å².